The number of hydrogen-bond donors (Lipinski definition) is 1. The lowest BCUT2D eigenvalue weighted by atomic mass is 9.90. The van der Waals surface area contributed by atoms with Crippen molar-refractivity contribution in [3.8, 4) is 5.75 Å². The summed E-state index contributed by atoms with van der Waals surface area (Å²) in [5, 5.41) is 3.02. The van der Waals surface area contributed by atoms with Gasteiger partial charge in [0.15, 0.2) is 0 Å². The first-order valence-corrected chi connectivity index (χ1v) is 8.62. The van der Waals surface area contributed by atoms with Crippen molar-refractivity contribution in [3.63, 3.8) is 0 Å². The fourth-order valence-electron chi connectivity index (χ4n) is 3.03. The van der Waals surface area contributed by atoms with Crippen LogP contribution in [0.15, 0.2) is 29.8 Å². The minimum atomic E-state index is -4.15. The van der Waals surface area contributed by atoms with Gasteiger partial charge in [0.2, 0.25) is 5.91 Å². The minimum absolute atomic E-state index is 0.0340. The van der Waals surface area contributed by atoms with Crippen molar-refractivity contribution in [2.24, 2.45) is 0 Å². The van der Waals surface area contributed by atoms with E-state index in [0.29, 0.717) is 5.75 Å². The van der Waals surface area contributed by atoms with Crippen LogP contribution in [0.1, 0.15) is 56.7 Å². The van der Waals surface area contributed by atoms with Gasteiger partial charge in [0.05, 0.1) is 12.6 Å². The summed E-state index contributed by atoms with van der Waals surface area (Å²) in [7, 11) is 0. The molecule has 0 saturated carbocycles. The highest BCUT2D eigenvalue weighted by atomic mass is 19.4. The van der Waals surface area contributed by atoms with Crippen LogP contribution in [-0.2, 0) is 11.2 Å². The molecule has 1 saturated heterocycles. The normalized spacial score (nSPS) is 19.8. The number of halogens is 3. The van der Waals surface area contributed by atoms with Gasteiger partial charge < -0.3 is 10.1 Å². The van der Waals surface area contributed by atoms with Crippen molar-refractivity contribution in [2.45, 2.75) is 58.2 Å². The summed E-state index contributed by atoms with van der Waals surface area (Å²) < 4.78 is 41.9. The van der Waals surface area contributed by atoms with E-state index in [9.17, 15) is 18.0 Å². The van der Waals surface area contributed by atoms with Crippen molar-refractivity contribution in [3.05, 3.63) is 41.0 Å². The average molecular weight is 355 g/mol. The smallest absolute Gasteiger partial charge is 0.389 e. The van der Waals surface area contributed by atoms with Gasteiger partial charge in [-0.3, -0.25) is 4.79 Å². The maximum atomic E-state index is 12.1. The molecule has 1 atom stereocenters. The van der Waals surface area contributed by atoms with Gasteiger partial charge in [-0.25, -0.2) is 0 Å². The second kappa shape index (κ2) is 8.41. The summed E-state index contributed by atoms with van der Waals surface area (Å²) in [5.41, 5.74) is 2.90. The molecule has 3 nitrogen and oxygen atoms in total. The topological polar surface area (TPSA) is 38.3 Å². The van der Waals surface area contributed by atoms with E-state index in [2.05, 4.69) is 5.32 Å². The Labute approximate surface area is 146 Å². The van der Waals surface area contributed by atoms with Crippen molar-refractivity contribution < 1.29 is 22.7 Å². The summed E-state index contributed by atoms with van der Waals surface area (Å²) in [5.74, 6) is 0.535. The number of nitrogens with one attached hydrogen (secondary N) is 1. The molecule has 1 amide bonds. The van der Waals surface area contributed by atoms with Crippen LogP contribution in [-0.4, -0.2) is 18.7 Å². The predicted octanol–water partition coefficient (Wildman–Crippen LogP) is 4.87. The van der Waals surface area contributed by atoms with Gasteiger partial charge in [-0.1, -0.05) is 19.1 Å². The van der Waals surface area contributed by atoms with Crippen molar-refractivity contribution in [2.75, 3.05) is 6.61 Å². The minimum Gasteiger partial charge on any atom is -0.494 e. The van der Waals surface area contributed by atoms with E-state index in [-0.39, 0.29) is 25.0 Å². The number of amides is 1. The molecule has 1 fully saturated rings. The van der Waals surface area contributed by atoms with Crippen LogP contribution in [0, 0.1) is 0 Å². The number of aryl methyl sites for hydroxylation is 1. The Balaban J connectivity index is 2.01. The number of rotatable bonds is 6. The zero-order chi connectivity index (χ0) is 18.4. The molecule has 0 spiro atoms. The number of alkyl halides is 3. The molecule has 6 heteroatoms. The van der Waals surface area contributed by atoms with Gasteiger partial charge in [0, 0.05) is 12.0 Å². The van der Waals surface area contributed by atoms with Gasteiger partial charge in [0.1, 0.15) is 5.75 Å². The van der Waals surface area contributed by atoms with Crippen molar-refractivity contribution in [1.29, 1.82) is 0 Å². The van der Waals surface area contributed by atoms with Crippen LogP contribution in [0.4, 0.5) is 13.2 Å². The van der Waals surface area contributed by atoms with Crippen LogP contribution in [0.5, 0.6) is 5.75 Å². The van der Waals surface area contributed by atoms with Gasteiger partial charge in [-0.15, -0.1) is 0 Å². The van der Waals surface area contributed by atoms with E-state index in [1.54, 1.807) is 6.07 Å². The van der Waals surface area contributed by atoms with E-state index >= 15 is 0 Å². The molecule has 0 aliphatic carbocycles. The molecular weight excluding hydrogens is 331 g/mol. The van der Waals surface area contributed by atoms with Crippen LogP contribution in [0.3, 0.4) is 0 Å². The number of carbonyl (C=O) groups excluding carboxylic acids is 1. The third-order valence-corrected chi connectivity index (χ3v) is 4.39. The van der Waals surface area contributed by atoms with Crippen LogP contribution in [0.2, 0.25) is 0 Å². The van der Waals surface area contributed by atoms with E-state index in [0.717, 1.165) is 36.0 Å². The molecule has 1 unspecified atom stereocenters. The number of carbonyl (C=O) groups is 1. The first kappa shape index (κ1) is 19.3. The largest absolute Gasteiger partial charge is 0.494 e. The van der Waals surface area contributed by atoms with E-state index < -0.39 is 12.6 Å². The highest BCUT2D eigenvalue weighted by Crippen LogP contribution is 2.31. The first-order valence-electron chi connectivity index (χ1n) is 8.62. The molecule has 1 N–H and O–H groups in total. The van der Waals surface area contributed by atoms with Crippen molar-refractivity contribution >= 4 is 5.91 Å². The zero-order valence-electron chi connectivity index (χ0n) is 14.6. The molecule has 1 heterocycles. The van der Waals surface area contributed by atoms with E-state index in [1.165, 1.54) is 0 Å². The molecule has 1 aliphatic rings. The van der Waals surface area contributed by atoms with Crippen LogP contribution < -0.4 is 10.1 Å². The lowest BCUT2D eigenvalue weighted by molar-refractivity contribution is -0.136. The Hall–Kier alpha value is -1.98. The zero-order valence-corrected chi connectivity index (χ0v) is 14.6. The highest BCUT2D eigenvalue weighted by Gasteiger charge is 2.26. The number of ether oxygens (including phenoxy) is 1. The first-order chi connectivity index (χ1) is 11.8. The number of piperidine rings is 1. The molecule has 1 aliphatic heterocycles. The summed E-state index contributed by atoms with van der Waals surface area (Å²) >= 11 is 0. The van der Waals surface area contributed by atoms with Gasteiger partial charge in [0.25, 0.3) is 0 Å². The molecule has 1 aromatic carbocycles. The Morgan fingerprint density at radius 2 is 2.12 bits per heavy atom. The molecule has 0 radical (unpaired) electrons. The van der Waals surface area contributed by atoms with E-state index in [1.807, 2.05) is 32.1 Å². The highest BCUT2D eigenvalue weighted by molar-refractivity contribution is 5.94. The Kier molecular flexibility index (Phi) is 6.51. The molecule has 138 valence electrons. The number of allylic oxidation sites excluding steroid dienone is 1. The maximum Gasteiger partial charge on any atom is 0.389 e. The molecule has 2 rings (SSSR count). The average Bonchev–Trinajstić information content (AvgIpc) is 2.57. The summed E-state index contributed by atoms with van der Waals surface area (Å²) in [6, 6.07) is 5.49. The van der Waals surface area contributed by atoms with Crippen LogP contribution in [0.25, 0.3) is 0 Å². The number of benzene rings is 1. The summed E-state index contributed by atoms with van der Waals surface area (Å²) in [4.78, 5) is 12.0. The molecule has 0 bridgehead atoms. The molecule has 1 aromatic rings. The standard InChI is InChI=1S/C19H24F3NO2/c1-3-13-6-9-17(23-18(13)24)16-8-7-15(12-14(16)4-2)25-11-5-10-19(20,21)22/h3,7-8,12,17H,4-6,9-11H2,1-2H3,(H,23,24)/b13-3-. The quantitative estimate of drug-likeness (QED) is 0.584. The second-order valence-corrected chi connectivity index (χ2v) is 6.16. The van der Waals surface area contributed by atoms with Gasteiger partial charge >= 0.3 is 6.18 Å². The second-order valence-electron chi connectivity index (χ2n) is 6.16. The lowest BCUT2D eigenvalue weighted by Crippen LogP contribution is -2.34. The monoisotopic (exact) mass is 355 g/mol. The maximum absolute atomic E-state index is 12.1. The molecule has 0 aromatic heterocycles. The number of hydrogen-bond acceptors (Lipinski definition) is 2. The summed E-state index contributed by atoms with van der Waals surface area (Å²) in [6.07, 6.45) is -0.866. The van der Waals surface area contributed by atoms with Crippen LogP contribution >= 0.6 is 0 Å². The lowest BCUT2D eigenvalue weighted by Gasteiger charge is -2.27. The molecular formula is C19H24F3NO2. The fraction of sp³-hybridized carbons (Fsp3) is 0.526. The Morgan fingerprint density at radius 3 is 2.72 bits per heavy atom. The summed E-state index contributed by atoms with van der Waals surface area (Å²) in [6.45, 7) is 3.90. The molecule has 25 heavy (non-hydrogen) atoms. The van der Waals surface area contributed by atoms with Gasteiger partial charge in [-0.05, 0) is 55.9 Å². The SMILES string of the molecule is C/C=C1/CCC(c2ccc(OCCCC(F)(F)F)cc2CC)NC1=O. The fourth-order valence-corrected chi connectivity index (χ4v) is 3.03. The third-order valence-electron chi connectivity index (χ3n) is 4.39. The van der Waals surface area contributed by atoms with Gasteiger partial charge in [-0.2, -0.15) is 13.2 Å². The Bertz CT molecular complexity index is 638. The Morgan fingerprint density at radius 1 is 1.36 bits per heavy atom. The van der Waals surface area contributed by atoms with Crippen molar-refractivity contribution in [1.82, 2.24) is 5.32 Å². The third kappa shape index (κ3) is 5.51. The predicted molar refractivity (Wildman–Crippen MR) is 90.5 cm³/mol. The van der Waals surface area contributed by atoms with E-state index in [4.69, 9.17) is 4.74 Å².